The van der Waals surface area contributed by atoms with Gasteiger partial charge in [-0.1, -0.05) is 13.8 Å². The number of ether oxygens (including phenoxy) is 1. The van der Waals surface area contributed by atoms with Gasteiger partial charge in [0.25, 0.3) is 0 Å². The normalized spacial score (nSPS) is 13.8. The van der Waals surface area contributed by atoms with Crippen molar-refractivity contribution in [3.8, 4) is 17.0 Å². The number of carbonyl (C=O) groups is 1. The van der Waals surface area contributed by atoms with E-state index in [9.17, 15) is 22.4 Å². The van der Waals surface area contributed by atoms with Crippen LogP contribution in [0.2, 0.25) is 0 Å². The maximum absolute atomic E-state index is 14.4. The first-order valence-electron chi connectivity index (χ1n) is 8.74. The highest BCUT2D eigenvalue weighted by molar-refractivity contribution is 5.65. The summed E-state index contributed by atoms with van der Waals surface area (Å²) >= 11 is 0. The van der Waals surface area contributed by atoms with Gasteiger partial charge < -0.3 is 15.2 Å². The molecule has 0 aliphatic carbocycles. The van der Waals surface area contributed by atoms with Crippen LogP contribution in [0.5, 0.6) is 5.75 Å². The molecule has 0 spiro atoms. The average molecular weight is 415 g/mol. The second-order valence-corrected chi connectivity index (χ2v) is 7.29. The molecule has 0 radical (unpaired) electrons. The number of hydrogen-bond acceptors (Lipinski definition) is 4. The first-order chi connectivity index (χ1) is 13.4. The predicted molar refractivity (Wildman–Crippen MR) is 96.9 cm³/mol. The van der Waals surface area contributed by atoms with E-state index in [0.29, 0.717) is 6.42 Å². The fourth-order valence-electron chi connectivity index (χ4n) is 2.98. The van der Waals surface area contributed by atoms with Crippen molar-refractivity contribution in [2.75, 3.05) is 6.61 Å². The Balaban J connectivity index is 2.20. The summed E-state index contributed by atoms with van der Waals surface area (Å²) in [4.78, 5) is 17.6. The minimum atomic E-state index is -4.71. The zero-order chi connectivity index (χ0) is 21.8. The topological polar surface area (TPSA) is 84.3 Å². The molecule has 1 unspecified atom stereocenters. The molecule has 0 saturated heterocycles. The maximum atomic E-state index is 14.4. The Hall–Kier alpha value is -2.91. The van der Waals surface area contributed by atoms with Crippen LogP contribution in [-0.2, 0) is 6.18 Å². The standard InChI is InChI=1S/C19H21F4N3O3/c1-11(2)9-18(3,26-17(27)28)10-29-15-5-4-12(8-13(15)20)14-6-7-24-16(25-14)19(21,22)23/h4-8,11,26H,9-10H2,1-3H3,(H,27,28). The van der Waals surface area contributed by atoms with Crippen LogP contribution < -0.4 is 10.1 Å². The van der Waals surface area contributed by atoms with Gasteiger partial charge in [-0.15, -0.1) is 0 Å². The summed E-state index contributed by atoms with van der Waals surface area (Å²) < 4.78 is 58.2. The number of alkyl halides is 3. The summed E-state index contributed by atoms with van der Waals surface area (Å²) in [6.07, 6.45) is -4.53. The summed E-state index contributed by atoms with van der Waals surface area (Å²) in [5.74, 6) is -2.12. The van der Waals surface area contributed by atoms with Crippen LogP contribution >= 0.6 is 0 Å². The van der Waals surface area contributed by atoms with Gasteiger partial charge in [0.1, 0.15) is 6.61 Å². The SMILES string of the molecule is CC(C)CC(C)(COc1ccc(-c2ccnc(C(F)(F)F)n2)cc1F)NC(=O)O. The van der Waals surface area contributed by atoms with E-state index < -0.39 is 29.5 Å². The second kappa shape index (κ2) is 8.62. The van der Waals surface area contributed by atoms with Crippen LogP contribution in [0.15, 0.2) is 30.5 Å². The molecule has 2 aromatic rings. The van der Waals surface area contributed by atoms with E-state index >= 15 is 0 Å². The van der Waals surface area contributed by atoms with Crippen molar-refractivity contribution in [1.29, 1.82) is 0 Å². The van der Waals surface area contributed by atoms with E-state index in [1.807, 2.05) is 13.8 Å². The number of benzene rings is 1. The Morgan fingerprint density at radius 1 is 1.28 bits per heavy atom. The number of hydrogen-bond donors (Lipinski definition) is 2. The number of rotatable bonds is 7. The zero-order valence-corrected chi connectivity index (χ0v) is 16.0. The lowest BCUT2D eigenvalue weighted by Crippen LogP contribution is -2.50. The molecular formula is C19H21F4N3O3. The van der Waals surface area contributed by atoms with Gasteiger partial charge >= 0.3 is 12.3 Å². The lowest BCUT2D eigenvalue weighted by atomic mass is 9.91. The third kappa shape index (κ3) is 6.30. The van der Waals surface area contributed by atoms with Crippen molar-refractivity contribution in [3.05, 3.63) is 42.1 Å². The smallest absolute Gasteiger partial charge is 0.451 e. The van der Waals surface area contributed by atoms with Crippen LogP contribution in [-0.4, -0.2) is 33.3 Å². The Labute approximate surface area is 164 Å². The molecule has 0 saturated carbocycles. The summed E-state index contributed by atoms with van der Waals surface area (Å²) in [6.45, 7) is 5.34. The molecule has 0 aliphatic rings. The molecule has 1 amide bonds. The highest BCUT2D eigenvalue weighted by Crippen LogP contribution is 2.29. The molecule has 2 N–H and O–H groups in total. The number of halogens is 4. The van der Waals surface area contributed by atoms with Gasteiger partial charge in [0.2, 0.25) is 5.82 Å². The van der Waals surface area contributed by atoms with E-state index in [2.05, 4.69) is 15.3 Å². The van der Waals surface area contributed by atoms with Crippen LogP contribution in [0.4, 0.5) is 22.4 Å². The van der Waals surface area contributed by atoms with Crippen LogP contribution in [0.25, 0.3) is 11.3 Å². The lowest BCUT2D eigenvalue weighted by molar-refractivity contribution is -0.144. The minimum absolute atomic E-state index is 0.0880. The molecular weight excluding hydrogens is 394 g/mol. The average Bonchev–Trinajstić information content (AvgIpc) is 2.58. The fraction of sp³-hybridized carbons (Fsp3) is 0.421. The molecule has 0 aliphatic heterocycles. The monoisotopic (exact) mass is 415 g/mol. The zero-order valence-electron chi connectivity index (χ0n) is 16.0. The predicted octanol–water partition coefficient (Wildman–Crippen LogP) is 4.75. The Bertz CT molecular complexity index is 874. The molecule has 1 atom stereocenters. The largest absolute Gasteiger partial charge is 0.488 e. The summed E-state index contributed by atoms with van der Waals surface area (Å²) in [7, 11) is 0. The van der Waals surface area contributed by atoms with E-state index in [4.69, 9.17) is 9.84 Å². The molecule has 10 heteroatoms. The van der Waals surface area contributed by atoms with Crippen molar-refractivity contribution >= 4 is 6.09 Å². The molecule has 6 nitrogen and oxygen atoms in total. The van der Waals surface area contributed by atoms with Crippen LogP contribution in [0.3, 0.4) is 0 Å². The van der Waals surface area contributed by atoms with Gasteiger partial charge in [0.05, 0.1) is 11.2 Å². The van der Waals surface area contributed by atoms with E-state index in [1.54, 1.807) is 6.92 Å². The van der Waals surface area contributed by atoms with Crippen molar-refractivity contribution < 1.29 is 32.2 Å². The molecule has 1 aromatic heterocycles. The second-order valence-electron chi connectivity index (χ2n) is 7.29. The third-order valence-corrected chi connectivity index (χ3v) is 3.95. The number of nitrogens with zero attached hydrogens (tertiary/aromatic N) is 2. The first-order valence-corrected chi connectivity index (χ1v) is 8.74. The number of aromatic nitrogens is 2. The van der Waals surface area contributed by atoms with Crippen LogP contribution in [0.1, 0.15) is 33.0 Å². The minimum Gasteiger partial charge on any atom is -0.488 e. The molecule has 0 bridgehead atoms. The molecule has 29 heavy (non-hydrogen) atoms. The Morgan fingerprint density at radius 3 is 2.52 bits per heavy atom. The van der Waals surface area contributed by atoms with Gasteiger partial charge in [-0.2, -0.15) is 13.2 Å². The Morgan fingerprint density at radius 2 is 1.97 bits per heavy atom. The summed E-state index contributed by atoms with van der Waals surface area (Å²) in [5, 5.41) is 11.4. The number of nitrogens with one attached hydrogen (secondary N) is 1. The van der Waals surface area contributed by atoms with Crippen molar-refractivity contribution in [1.82, 2.24) is 15.3 Å². The van der Waals surface area contributed by atoms with Crippen molar-refractivity contribution in [3.63, 3.8) is 0 Å². The molecule has 158 valence electrons. The highest BCUT2D eigenvalue weighted by Gasteiger charge is 2.34. The third-order valence-electron chi connectivity index (χ3n) is 3.95. The van der Waals surface area contributed by atoms with E-state index in [1.165, 1.54) is 18.2 Å². The van der Waals surface area contributed by atoms with Gasteiger partial charge in [0.15, 0.2) is 11.6 Å². The maximum Gasteiger partial charge on any atom is 0.451 e. The summed E-state index contributed by atoms with van der Waals surface area (Å²) in [6, 6.07) is 4.87. The summed E-state index contributed by atoms with van der Waals surface area (Å²) in [5.41, 5.74) is -0.911. The van der Waals surface area contributed by atoms with Crippen molar-refractivity contribution in [2.45, 2.75) is 38.9 Å². The van der Waals surface area contributed by atoms with Crippen LogP contribution in [0, 0.1) is 11.7 Å². The van der Waals surface area contributed by atoms with Gasteiger partial charge in [-0.3, -0.25) is 0 Å². The highest BCUT2D eigenvalue weighted by atomic mass is 19.4. The number of carboxylic acid groups (broad SMARTS) is 1. The lowest BCUT2D eigenvalue weighted by Gasteiger charge is -2.31. The van der Waals surface area contributed by atoms with E-state index in [-0.39, 0.29) is 29.5 Å². The Kier molecular flexibility index (Phi) is 6.66. The molecule has 1 aromatic carbocycles. The first kappa shape index (κ1) is 22.4. The quantitative estimate of drug-likeness (QED) is 0.638. The van der Waals surface area contributed by atoms with Crippen molar-refractivity contribution in [2.24, 2.45) is 5.92 Å². The number of amides is 1. The van der Waals surface area contributed by atoms with Gasteiger partial charge in [0, 0.05) is 11.8 Å². The molecule has 0 fully saturated rings. The molecule has 2 rings (SSSR count). The van der Waals surface area contributed by atoms with E-state index in [0.717, 1.165) is 12.3 Å². The fourth-order valence-corrected chi connectivity index (χ4v) is 2.98. The van der Waals surface area contributed by atoms with Gasteiger partial charge in [-0.25, -0.2) is 19.2 Å². The molecule has 1 heterocycles. The van der Waals surface area contributed by atoms with Gasteiger partial charge in [-0.05, 0) is 43.5 Å².